The van der Waals surface area contributed by atoms with Crippen LogP contribution in [0.2, 0.25) is 0 Å². The molecule has 0 heterocycles. The Morgan fingerprint density at radius 3 is 1.19 bits per heavy atom. The van der Waals surface area contributed by atoms with E-state index in [1.165, 1.54) is 0 Å². The maximum atomic E-state index is 15.8. The smallest absolute Gasteiger partial charge is 0.519 e. The highest BCUT2D eigenvalue weighted by Crippen LogP contribution is 2.48. The molecule has 0 bridgehead atoms. The molecule has 0 aliphatic carbocycles. The average molecular weight is 754 g/mol. The van der Waals surface area contributed by atoms with Crippen LogP contribution in [0, 0.1) is 98.9 Å². The number of halogens is 17. The first kappa shape index (κ1) is 34.7. The molecule has 0 aliphatic heterocycles. The largest absolute Gasteiger partial charge is 0.633 e. The van der Waals surface area contributed by atoms with E-state index in [-0.39, 0.29) is 6.07 Å². The Morgan fingerprint density at radius 1 is 0.288 bits per heavy atom. The Morgan fingerprint density at radius 2 is 0.654 bits per heavy atom. The molecule has 52 heavy (non-hydrogen) atoms. The summed E-state index contributed by atoms with van der Waals surface area (Å²) in [5.74, 6) is -46.9. The summed E-state index contributed by atoms with van der Waals surface area (Å²) in [6, 6.07) is 1.48. The van der Waals surface area contributed by atoms with Gasteiger partial charge in [-0.15, -0.1) is 0 Å². The normalized spacial score (nSPS) is 11.9. The number of hydrogen-bond acceptors (Lipinski definition) is 2. The highest BCUT2D eigenvalue weighted by atomic mass is 19.2. The molecule has 0 unspecified atom stereocenters. The first-order valence-corrected chi connectivity index (χ1v) is 13.7. The van der Waals surface area contributed by atoms with Gasteiger partial charge in [-0.2, -0.15) is 13.2 Å². The van der Waals surface area contributed by atoms with Crippen LogP contribution in [0.25, 0.3) is 43.1 Å². The lowest BCUT2D eigenvalue weighted by Gasteiger charge is -2.23. The van der Waals surface area contributed by atoms with Crippen LogP contribution < -0.4 is 14.8 Å². The van der Waals surface area contributed by atoms with Gasteiger partial charge in [0.25, 0.3) is 0 Å². The van der Waals surface area contributed by atoms with Crippen molar-refractivity contribution in [2.24, 2.45) is 0 Å². The number of rotatable bonds is 5. The Bertz CT molecular complexity index is 2680. The van der Waals surface area contributed by atoms with Gasteiger partial charge in [0, 0.05) is 16.2 Å². The van der Waals surface area contributed by atoms with Gasteiger partial charge < -0.3 is 9.31 Å². The van der Waals surface area contributed by atoms with E-state index in [1.807, 2.05) is 0 Å². The summed E-state index contributed by atoms with van der Waals surface area (Å²) in [5.41, 5.74) is -1.08. The fourth-order valence-corrected chi connectivity index (χ4v) is 5.82. The van der Waals surface area contributed by atoms with Crippen molar-refractivity contribution in [1.82, 2.24) is 0 Å². The zero-order valence-corrected chi connectivity index (χ0v) is 24.1. The summed E-state index contributed by atoms with van der Waals surface area (Å²) in [7, 11) is -3.15. The van der Waals surface area contributed by atoms with Crippen molar-refractivity contribution in [2.45, 2.75) is 0 Å². The maximum Gasteiger partial charge on any atom is 0.633 e. The molecule has 0 saturated heterocycles. The van der Waals surface area contributed by atoms with E-state index < -0.39 is 166 Å². The third-order valence-electron chi connectivity index (χ3n) is 8.10. The van der Waals surface area contributed by atoms with Crippen molar-refractivity contribution < 1.29 is 83.9 Å². The minimum Gasteiger partial charge on any atom is -0.519 e. The lowest BCUT2D eigenvalue weighted by molar-refractivity contribution is 0.332. The van der Waals surface area contributed by atoms with Crippen molar-refractivity contribution in [3.8, 4) is 11.5 Å². The van der Waals surface area contributed by atoms with E-state index in [9.17, 15) is 48.3 Å². The average Bonchev–Trinajstić information content (AvgIpc) is 3.11. The van der Waals surface area contributed by atoms with Gasteiger partial charge in [0.1, 0.15) is 5.82 Å². The molecule has 0 atom stereocenters. The molecule has 0 spiro atoms. The predicted octanol–water partition coefficient (Wildman–Crippen LogP) is 9.96. The van der Waals surface area contributed by atoms with Crippen LogP contribution in [0.3, 0.4) is 0 Å². The highest BCUT2D eigenvalue weighted by Gasteiger charge is 2.40. The molecular weight excluding hydrogens is 750 g/mol. The molecule has 0 radical (unpaired) electrons. The molecule has 7 aromatic rings. The minimum atomic E-state index is -3.15. The standard InChI is InChI=1S/C32H4BF17O2/c34-7-4-2-6(5-1-3-8(35)16(36)9(5)7)33(52-32-29(49)26(46)25(45)27(47)30(32)50)51-31-15-11-10-12(17(37)18(38)14(11)22(42)28(31)48)20(40)24(44)21(41)13(10)19(39)23(15)43/h1-4H. The topological polar surface area (TPSA) is 18.5 Å². The Hall–Kier alpha value is -5.69. The van der Waals surface area contributed by atoms with Crippen LogP contribution in [0.15, 0.2) is 24.3 Å². The van der Waals surface area contributed by atoms with Crippen LogP contribution in [0.5, 0.6) is 11.5 Å². The van der Waals surface area contributed by atoms with Crippen molar-refractivity contribution >= 4 is 55.7 Å². The van der Waals surface area contributed by atoms with Gasteiger partial charge in [0.15, 0.2) is 75.5 Å². The second-order valence-corrected chi connectivity index (χ2v) is 10.8. The van der Waals surface area contributed by atoms with E-state index >= 15 is 26.3 Å². The molecule has 0 aliphatic rings. The van der Waals surface area contributed by atoms with Crippen molar-refractivity contribution in [3.05, 3.63) is 123 Å². The molecule has 2 nitrogen and oxygen atoms in total. The second kappa shape index (κ2) is 11.7. The zero-order chi connectivity index (χ0) is 38.0. The first-order chi connectivity index (χ1) is 24.4. The fourth-order valence-electron chi connectivity index (χ4n) is 5.82. The van der Waals surface area contributed by atoms with Crippen molar-refractivity contribution in [1.29, 1.82) is 0 Å². The lowest BCUT2D eigenvalue weighted by Crippen LogP contribution is -2.44. The third-order valence-corrected chi connectivity index (χ3v) is 8.10. The molecule has 0 aromatic heterocycles. The zero-order valence-electron chi connectivity index (χ0n) is 24.1. The molecule has 7 aromatic carbocycles. The Labute approximate surface area is 274 Å². The molecular formula is C32H4BF17O2. The molecule has 0 saturated carbocycles. The number of fused-ring (bicyclic) bond motifs is 1. The van der Waals surface area contributed by atoms with Gasteiger partial charge in [-0.25, -0.2) is 61.5 Å². The summed E-state index contributed by atoms with van der Waals surface area (Å²) in [6.45, 7) is 0. The van der Waals surface area contributed by atoms with Crippen LogP contribution in [-0.2, 0) is 0 Å². The highest BCUT2D eigenvalue weighted by molar-refractivity contribution is 6.66. The minimum absolute atomic E-state index is 0.262. The summed E-state index contributed by atoms with van der Waals surface area (Å²) in [5, 5.41) is -13.4. The molecule has 7 rings (SSSR count). The molecule has 0 N–H and O–H groups in total. The van der Waals surface area contributed by atoms with Gasteiger partial charge in [-0.1, -0.05) is 12.1 Å². The van der Waals surface area contributed by atoms with E-state index in [1.54, 1.807) is 0 Å². The molecule has 0 fully saturated rings. The predicted molar refractivity (Wildman–Crippen MR) is 146 cm³/mol. The Kier molecular flexibility index (Phi) is 7.80. The summed E-state index contributed by atoms with van der Waals surface area (Å²) < 4.78 is 262. The van der Waals surface area contributed by atoms with Crippen LogP contribution in [0.4, 0.5) is 74.6 Å². The summed E-state index contributed by atoms with van der Waals surface area (Å²) in [6.07, 6.45) is 0. The number of benzene rings is 7. The monoisotopic (exact) mass is 754 g/mol. The SMILES string of the molecule is Fc1ccc2c(B(Oc3c(F)c(F)c(F)c(F)c3F)Oc3c(F)c(F)c4c(F)c(F)c5c(F)c(F)c(F)c6c(F)c(F)c3c4c56)ccc(F)c2c1F. The van der Waals surface area contributed by atoms with Crippen LogP contribution in [-0.4, -0.2) is 7.12 Å². The van der Waals surface area contributed by atoms with Crippen molar-refractivity contribution in [2.75, 3.05) is 0 Å². The lowest BCUT2D eigenvalue weighted by atomic mass is 9.75. The van der Waals surface area contributed by atoms with Gasteiger partial charge in [-0.3, -0.25) is 0 Å². The van der Waals surface area contributed by atoms with Crippen molar-refractivity contribution in [3.63, 3.8) is 0 Å². The summed E-state index contributed by atoms with van der Waals surface area (Å²) in [4.78, 5) is 0. The molecule has 266 valence electrons. The quantitative estimate of drug-likeness (QED) is 0.0573. The van der Waals surface area contributed by atoms with Gasteiger partial charge in [0.05, 0.1) is 26.9 Å². The fraction of sp³-hybridized carbons (Fsp3) is 0. The molecule has 20 heteroatoms. The second-order valence-electron chi connectivity index (χ2n) is 10.8. The van der Waals surface area contributed by atoms with E-state index in [4.69, 9.17) is 9.31 Å². The van der Waals surface area contributed by atoms with E-state index in [0.29, 0.717) is 18.2 Å². The van der Waals surface area contributed by atoms with E-state index in [2.05, 4.69) is 0 Å². The molecule has 0 amide bonds. The van der Waals surface area contributed by atoms with E-state index in [0.717, 1.165) is 0 Å². The van der Waals surface area contributed by atoms with Gasteiger partial charge >= 0.3 is 7.12 Å². The third kappa shape index (κ3) is 4.47. The van der Waals surface area contributed by atoms with Gasteiger partial charge in [-0.05, 0) is 17.5 Å². The maximum absolute atomic E-state index is 15.8. The van der Waals surface area contributed by atoms with Crippen LogP contribution >= 0.6 is 0 Å². The number of hydrogen-bond donors (Lipinski definition) is 0. The Balaban J connectivity index is 1.62. The van der Waals surface area contributed by atoms with Gasteiger partial charge in [0.2, 0.25) is 29.1 Å². The summed E-state index contributed by atoms with van der Waals surface area (Å²) >= 11 is 0. The van der Waals surface area contributed by atoms with Crippen LogP contribution in [0.1, 0.15) is 0 Å². The first-order valence-electron chi connectivity index (χ1n) is 13.7.